The molecule has 0 saturated heterocycles. The van der Waals surface area contributed by atoms with E-state index in [1.807, 2.05) is 24.3 Å². The number of halogens is 1. The molecule has 0 bridgehead atoms. The Kier molecular flexibility index (Phi) is 5.36. The van der Waals surface area contributed by atoms with Gasteiger partial charge in [0.15, 0.2) is 0 Å². The third kappa shape index (κ3) is 4.19. The summed E-state index contributed by atoms with van der Waals surface area (Å²) in [7, 11) is 1.52. The van der Waals surface area contributed by atoms with E-state index < -0.39 is 0 Å². The van der Waals surface area contributed by atoms with Crippen LogP contribution in [0.5, 0.6) is 5.75 Å². The van der Waals surface area contributed by atoms with Gasteiger partial charge in [0.05, 0.1) is 37.7 Å². The number of nitrogens with zero attached hydrogens (tertiary/aromatic N) is 2. The zero-order valence-electron chi connectivity index (χ0n) is 13.7. The van der Waals surface area contributed by atoms with Crippen LogP contribution in [0.15, 0.2) is 65.4 Å². The topological polar surface area (TPSA) is 55.6 Å². The average Bonchev–Trinajstić information content (AvgIpc) is 3.14. The molecule has 25 heavy (non-hydrogen) atoms. The fourth-order valence-corrected chi connectivity index (χ4v) is 2.67. The number of ether oxygens (including phenoxy) is 1. The molecule has 0 saturated carbocycles. The Hall–Kier alpha value is -2.79. The first-order valence-electron chi connectivity index (χ1n) is 7.72. The van der Waals surface area contributed by atoms with E-state index in [-0.39, 0.29) is 5.91 Å². The van der Waals surface area contributed by atoms with Crippen molar-refractivity contribution in [1.29, 1.82) is 0 Å². The highest BCUT2D eigenvalue weighted by Crippen LogP contribution is 2.25. The summed E-state index contributed by atoms with van der Waals surface area (Å²) < 4.78 is 10.7. The highest BCUT2D eigenvalue weighted by atomic mass is 35.5. The Bertz CT molecular complexity index is 835. The third-order valence-electron chi connectivity index (χ3n) is 3.68. The van der Waals surface area contributed by atoms with E-state index in [9.17, 15) is 4.79 Å². The molecule has 6 heteroatoms. The van der Waals surface area contributed by atoms with Crippen LogP contribution in [0.1, 0.15) is 21.8 Å². The molecule has 0 spiro atoms. The number of benzene rings is 1. The molecule has 0 aliphatic rings. The summed E-state index contributed by atoms with van der Waals surface area (Å²) in [6, 6.07) is 14.2. The number of amides is 1. The van der Waals surface area contributed by atoms with Crippen LogP contribution in [-0.4, -0.2) is 22.9 Å². The van der Waals surface area contributed by atoms with E-state index in [0.717, 1.165) is 5.69 Å². The molecular formula is C19H17ClN2O3. The van der Waals surface area contributed by atoms with E-state index in [2.05, 4.69) is 4.98 Å². The van der Waals surface area contributed by atoms with Crippen molar-refractivity contribution in [3.8, 4) is 5.75 Å². The number of carbonyl (C=O) groups is 1. The van der Waals surface area contributed by atoms with E-state index in [4.69, 9.17) is 20.8 Å². The molecule has 5 nitrogen and oxygen atoms in total. The Morgan fingerprint density at radius 3 is 2.76 bits per heavy atom. The Labute approximate surface area is 150 Å². The third-order valence-corrected chi connectivity index (χ3v) is 3.92. The van der Waals surface area contributed by atoms with Crippen molar-refractivity contribution in [2.45, 2.75) is 13.1 Å². The smallest absolute Gasteiger partial charge is 0.258 e. The van der Waals surface area contributed by atoms with Crippen LogP contribution < -0.4 is 4.74 Å². The number of rotatable bonds is 6. The maximum Gasteiger partial charge on any atom is 0.258 e. The Morgan fingerprint density at radius 1 is 1.20 bits per heavy atom. The summed E-state index contributed by atoms with van der Waals surface area (Å²) in [6.45, 7) is 0.661. The van der Waals surface area contributed by atoms with E-state index in [1.54, 1.807) is 41.6 Å². The number of aromatic nitrogens is 1. The van der Waals surface area contributed by atoms with Gasteiger partial charge >= 0.3 is 0 Å². The molecule has 0 fully saturated rings. The van der Waals surface area contributed by atoms with Crippen molar-refractivity contribution in [3.63, 3.8) is 0 Å². The van der Waals surface area contributed by atoms with Crippen LogP contribution >= 0.6 is 11.6 Å². The van der Waals surface area contributed by atoms with Crippen molar-refractivity contribution in [3.05, 3.63) is 83.0 Å². The second-order valence-electron chi connectivity index (χ2n) is 5.41. The molecule has 0 aliphatic carbocycles. The van der Waals surface area contributed by atoms with Gasteiger partial charge in [0.2, 0.25) is 0 Å². The molecule has 2 heterocycles. The fourth-order valence-electron chi connectivity index (χ4n) is 2.50. The van der Waals surface area contributed by atoms with Gasteiger partial charge in [0, 0.05) is 11.2 Å². The molecule has 1 aromatic carbocycles. The lowest BCUT2D eigenvalue weighted by Gasteiger charge is -2.22. The van der Waals surface area contributed by atoms with Gasteiger partial charge in [0.1, 0.15) is 11.5 Å². The van der Waals surface area contributed by atoms with Gasteiger partial charge in [-0.25, -0.2) is 0 Å². The summed E-state index contributed by atoms with van der Waals surface area (Å²) in [5.74, 6) is 0.951. The number of hydrogen-bond acceptors (Lipinski definition) is 4. The number of hydrogen-bond donors (Lipinski definition) is 0. The van der Waals surface area contributed by atoms with Crippen molar-refractivity contribution in [1.82, 2.24) is 9.88 Å². The van der Waals surface area contributed by atoms with Crippen LogP contribution in [0.3, 0.4) is 0 Å². The van der Waals surface area contributed by atoms with E-state index >= 15 is 0 Å². The molecule has 0 unspecified atom stereocenters. The molecule has 3 rings (SSSR count). The van der Waals surface area contributed by atoms with Crippen LogP contribution in [0.25, 0.3) is 0 Å². The summed E-state index contributed by atoms with van der Waals surface area (Å²) in [6.07, 6.45) is 3.28. The summed E-state index contributed by atoms with van der Waals surface area (Å²) in [5.41, 5.74) is 1.18. The molecule has 3 aromatic rings. The molecule has 2 aromatic heterocycles. The van der Waals surface area contributed by atoms with E-state index in [1.165, 1.54) is 7.11 Å². The minimum Gasteiger partial charge on any atom is -0.496 e. The molecule has 0 aliphatic heterocycles. The van der Waals surface area contributed by atoms with E-state index in [0.29, 0.717) is 35.2 Å². The maximum atomic E-state index is 13.1. The second-order valence-corrected chi connectivity index (χ2v) is 5.84. The van der Waals surface area contributed by atoms with Gasteiger partial charge in [-0.3, -0.25) is 9.78 Å². The predicted octanol–water partition coefficient (Wildman–Crippen LogP) is 4.18. The second kappa shape index (κ2) is 7.85. The first kappa shape index (κ1) is 17.0. The maximum absolute atomic E-state index is 13.1. The lowest BCUT2D eigenvalue weighted by molar-refractivity contribution is 0.0712. The van der Waals surface area contributed by atoms with Crippen LogP contribution in [0.4, 0.5) is 0 Å². The monoisotopic (exact) mass is 356 g/mol. The van der Waals surface area contributed by atoms with Crippen LogP contribution in [0, 0.1) is 0 Å². The molecule has 0 atom stereocenters. The summed E-state index contributed by atoms with van der Waals surface area (Å²) >= 11 is 6.07. The molecular weight excluding hydrogens is 340 g/mol. The van der Waals surface area contributed by atoms with Crippen molar-refractivity contribution < 1.29 is 13.9 Å². The van der Waals surface area contributed by atoms with Crippen LogP contribution in [-0.2, 0) is 13.1 Å². The number of pyridine rings is 1. The Balaban J connectivity index is 1.92. The predicted molar refractivity (Wildman–Crippen MR) is 94.5 cm³/mol. The first-order chi connectivity index (χ1) is 12.2. The highest BCUT2D eigenvalue weighted by Gasteiger charge is 2.22. The highest BCUT2D eigenvalue weighted by molar-refractivity contribution is 6.31. The van der Waals surface area contributed by atoms with Gasteiger partial charge in [-0.05, 0) is 42.5 Å². The number of methoxy groups -OCH3 is 1. The van der Waals surface area contributed by atoms with Gasteiger partial charge in [0.25, 0.3) is 5.91 Å². The lowest BCUT2D eigenvalue weighted by Crippen LogP contribution is -2.30. The molecule has 0 radical (unpaired) electrons. The zero-order valence-corrected chi connectivity index (χ0v) is 14.4. The summed E-state index contributed by atoms with van der Waals surface area (Å²) in [5, 5.41) is 0.472. The Morgan fingerprint density at radius 2 is 2.08 bits per heavy atom. The fraction of sp³-hybridized carbons (Fsp3) is 0.158. The molecule has 128 valence electrons. The van der Waals surface area contributed by atoms with Crippen molar-refractivity contribution in [2.24, 2.45) is 0 Å². The minimum absolute atomic E-state index is 0.207. The van der Waals surface area contributed by atoms with Gasteiger partial charge in [-0.1, -0.05) is 17.7 Å². The number of carbonyl (C=O) groups excluding carboxylic acids is 1. The van der Waals surface area contributed by atoms with Crippen molar-refractivity contribution >= 4 is 17.5 Å². The normalized spacial score (nSPS) is 10.5. The first-order valence-corrected chi connectivity index (χ1v) is 8.10. The molecule has 0 N–H and O–H groups in total. The lowest BCUT2D eigenvalue weighted by atomic mass is 10.1. The SMILES string of the molecule is COc1ccc(Cl)cc1C(=O)N(Cc1ccccn1)Cc1ccco1. The number of furan rings is 1. The standard InChI is InChI=1S/C19H17ClN2O3/c1-24-18-8-7-14(20)11-17(18)19(23)22(13-16-6-4-10-25-16)12-15-5-2-3-9-21-15/h2-11H,12-13H2,1H3. The van der Waals surface area contributed by atoms with Gasteiger partial charge in [-0.2, -0.15) is 0 Å². The van der Waals surface area contributed by atoms with Gasteiger partial charge in [-0.15, -0.1) is 0 Å². The van der Waals surface area contributed by atoms with Gasteiger partial charge < -0.3 is 14.1 Å². The zero-order chi connectivity index (χ0) is 17.6. The largest absolute Gasteiger partial charge is 0.496 e. The average molecular weight is 357 g/mol. The quantitative estimate of drug-likeness (QED) is 0.665. The molecule has 1 amide bonds. The van der Waals surface area contributed by atoms with Crippen LogP contribution in [0.2, 0.25) is 5.02 Å². The van der Waals surface area contributed by atoms with Crippen molar-refractivity contribution in [2.75, 3.05) is 7.11 Å². The summed E-state index contributed by atoms with van der Waals surface area (Å²) in [4.78, 5) is 19.1. The minimum atomic E-state index is -0.207.